The van der Waals surface area contributed by atoms with E-state index in [2.05, 4.69) is 5.16 Å². The average Bonchev–Trinajstić information content (AvgIpc) is 2.92. The van der Waals surface area contributed by atoms with E-state index in [1.54, 1.807) is 35.2 Å². The van der Waals surface area contributed by atoms with E-state index in [1.807, 2.05) is 14.1 Å². The Kier molecular flexibility index (Phi) is 3.85. The van der Waals surface area contributed by atoms with E-state index < -0.39 is 0 Å². The van der Waals surface area contributed by atoms with Crippen molar-refractivity contribution >= 4 is 39.8 Å². The molecule has 0 spiro atoms. The van der Waals surface area contributed by atoms with Crippen LogP contribution in [0.4, 0.5) is 4.39 Å². The lowest BCUT2D eigenvalue weighted by molar-refractivity contribution is 0.458. The van der Waals surface area contributed by atoms with Crippen LogP contribution in [0.1, 0.15) is 5.56 Å². The highest BCUT2D eigenvalue weighted by atomic mass is 35.5. The van der Waals surface area contributed by atoms with Gasteiger partial charge in [-0.1, -0.05) is 41.1 Å². The Morgan fingerprint density at radius 2 is 1.95 bits per heavy atom. The zero-order chi connectivity index (χ0) is 15.9. The highest BCUT2D eigenvalue weighted by Crippen LogP contribution is 2.35. The van der Waals surface area contributed by atoms with Crippen molar-refractivity contribution in [2.45, 2.75) is 0 Å². The lowest BCUT2D eigenvalue weighted by Gasteiger charge is -2.14. The molecule has 22 heavy (non-hydrogen) atoms. The van der Waals surface area contributed by atoms with Gasteiger partial charge in [-0.2, -0.15) is 0 Å². The fraction of sp³-hybridized carbons (Fsp3) is 0.125. The summed E-state index contributed by atoms with van der Waals surface area (Å²) >= 11 is 11.7. The summed E-state index contributed by atoms with van der Waals surface area (Å²) in [5.41, 5.74) is 1.89. The molecule has 1 aromatic heterocycles. The van der Waals surface area contributed by atoms with Crippen LogP contribution in [0.15, 0.2) is 40.9 Å². The molecule has 3 aromatic rings. The van der Waals surface area contributed by atoms with Crippen molar-refractivity contribution < 1.29 is 8.91 Å². The van der Waals surface area contributed by atoms with Gasteiger partial charge in [0.05, 0.1) is 10.4 Å². The second-order valence-electron chi connectivity index (χ2n) is 5.01. The van der Waals surface area contributed by atoms with Gasteiger partial charge in [0.25, 0.3) is 0 Å². The molecule has 0 aliphatic rings. The predicted octanol–water partition coefficient (Wildman–Crippen LogP) is 4.52. The summed E-state index contributed by atoms with van der Waals surface area (Å²) in [7, 11) is 3.68. The van der Waals surface area contributed by atoms with Crippen LogP contribution < -0.4 is 0 Å². The summed E-state index contributed by atoms with van der Waals surface area (Å²) in [5, 5.41) is 5.01. The third kappa shape index (κ3) is 2.36. The minimum Gasteiger partial charge on any atom is -0.368 e. The molecule has 0 radical (unpaired) electrons. The Morgan fingerprint density at radius 3 is 2.64 bits per heavy atom. The third-order valence-corrected chi connectivity index (χ3v) is 4.31. The van der Waals surface area contributed by atoms with Gasteiger partial charge in [0.2, 0.25) is 0 Å². The first-order valence-corrected chi connectivity index (χ1v) is 7.33. The van der Waals surface area contributed by atoms with E-state index >= 15 is 0 Å². The second-order valence-corrected chi connectivity index (χ2v) is 5.78. The normalized spacial score (nSPS) is 10.9. The molecular formula is C16H12ClFN2OS. The predicted molar refractivity (Wildman–Crippen MR) is 89.8 cm³/mol. The van der Waals surface area contributed by atoms with Gasteiger partial charge >= 0.3 is 0 Å². The van der Waals surface area contributed by atoms with Gasteiger partial charge in [-0.25, -0.2) is 4.39 Å². The van der Waals surface area contributed by atoms with Gasteiger partial charge in [0.1, 0.15) is 16.5 Å². The lowest BCUT2D eigenvalue weighted by Crippen LogP contribution is -2.20. The largest absolute Gasteiger partial charge is 0.368 e. The van der Waals surface area contributed by atoms with Gasteiger partial charge in [0.15, 0.2) is 5.58 Å². The molecule has 1 heterocycles. The first-order valence-electron chi connectivity index (χ1n) is 6.55. The molecule has 0 bridgehead atoms. The van der Waals surface area contributed by atoms with Crippen LogP contribution in [0.5, 0.6) is 0 Å². The maximum atomic E-state index is 14.0. The standard InChI is InChI=1S/C16H12ClFN2OS/c1-20(2)16(22)10-7-8-11-14(19-21-15(11)13(10)17)9-5-3-4-6-12(9)18/h3-8H,1-2H3. The Balaban J connectivity index is 2.21. The molecular weight excluding hydrogens is 323 g/mol. The lowest BCUT2D eigenvalue weighted by atomic mass is 10.1. The Morgan fingerprint density at radius 1 is 1.23 bits per heavy atom. The topological polar surface area (TPSA) is 29.3 Å². The zero-order valence-electron chi connectivity index (χ0n) is 11.9. The molecule has 0 saturated carbocycles. The number of aromatic nitrogens is 1. The van der Waals surface area contributed by atoms with Crippen molar-refractivity contribution in [1.82, 2.24) is 10.1 Å². The molecule has 6 heteroatoms. The van der Waals surface area contributed by atoms with Crippen molar-refractivity contribution in [3.05, 3.63) is 52.8 Å². The van der Waals surface area contributed by atoms with Crippen LogP contribution in [-0.4, -0.2) is 29.1 Å². The van der Waals surface area contributed by atoms with Gasteiger partial charge in [-0.3, -0.25) is 0 Å². The van der Waals surface area contributed by atoms with E-state index in [0.29, 0.717) is 37.8 Å². The summed E-state index contributed by atoms with van der Waals surface area (Å²) in [6.45, 7) is 0. The van der Waals surface area contributed by atoms with Crippen LogP contribution >= 0.6 is 23.8 Å². The molecule has 0 aliphatic heterocycles. The monoisotopic (exact) mass is 334 g/mol. The number of hydrogen-bond donors (Lipinski definition) is 0. The second kappa shape index (κ2) is 5.66. The SMILES string of the molecule is CN(C)C(=S)c1ccc2c(-c3ccccc3F)noc2c1Cl. The molecule has 112 valence electrons. The fourth-order valence-corrected chi connectivity index (χ4v) is 2.74. The molecule has 3 nitrogen and oxygen atoms in total. The van der Waals surface area contributed by atoms with Gasteiger partial charge in [0, 0.05) is 25.2 Å². The van der Waals surface area contributed by atoms with Crippen LogP contribution in [0.2, 0.25) is 5.02 Å². The smallest absolute Gasteiger partial charge is 0.186 e. The maximum absolute atomic E-state index is 14.0. The van der Waals surface area contributed by atoms with Crippen LogP contribution in [0, 0.1) is 5.82 Å². The van der Waals surface area contributed by atoms with Gasteiger partial charge in [-0.15, -0.1) is 0 Å². The first kappa shape index (κ1) is 14.9. The summed E-state index contributed by atoms with van der Waals surface area (Å²) < 4.78 is 19.3. The molecule has 0 saturated heterocycles. The van der Waals surface area contributed by atoms with Crippen molar-refractivity contribution in [2.75, 3.05) is 14.1 Å². The molecule has 3 rings (SSSR count). The highest BCUT2D eigenvalue weighted by Gasteiger charge is 2.19. The molecule has 0 aliphatic carbocycles. The van der Waals surface area contributed by atoms with Crippen molar-refractivity contribution in [2.24, 2.45) is 0 Å². The summed E-state index contributed by atoms with van der Waals surface area (Å²) in [6.07, 6.45) is 0. The maximum Gasteiger partial charge on any atom is 0.186 e. The fourth-order valence-electron chi connectivity index (χ4n) is 2.23. The van der Waals surface area contributed by atoms with E-state index in [-0.39, 0.29) is 5.82 Å². The molecule has 0 amide bonds. The molecule has 0 unspecified atom stereocenters. The van der Waals surface area contributed by atoms with Crippen molar-refractivity contribution in [3.63, 3.8) is 0 Å². The molecule has 0 N–H and O–H groups in total. The summed E-state index contributed by atoms with van der Waals surface area (Å²) in [5.74, 6) is -0.360. The summed E-state index contributed by atoms with van der Waals surface area (Å²) in [4.78, 5) is 2.38. The highest BCUT2D eigenvalue weighted by molar-refractivity contribution is 7.80. The van der Waals surface area contributed by atoms with E-state index in [1.165, 1.54) is 6.07 Å². The number of hydrogen-bond acceptors (Lipinski definition) is 3. The quantitative estimate of drug-likeness (QED) is 0.644. The van der Waals surface area contributed by atoms with Crippen LogP contribution in [-0.2, 0) is 0 Å². The zero-order valence-corrected chi connectivity index (χ0v) is 13.5. The van der Waals surface area contributed by atoms with Crippen LogP contribution in [0.3, 0.4) is 0 Å². The molecule has 2 aromatic carbocycles. The van der Waals surface area contributed by atoms with Gasteiger partial charge < -0.3 is 9.42 Å². The molecule has 0 fully saturated rings. The summed E-state index contributed by atoms with van der Waals surface area (Å²) in [6, 6.07) is 10.0. The Labute approximate surface area is 137 Å². The van der Waals surface area contributed by atoms with Crippen molar-refractivity contribution in [1.29, 1.82) is 0 Å². The average molecular weight is 335 g/mol. The number of rotatable bonds is 2. The Bertz CT molecular complexity index is 876. The van der Waals surface area contributed by atoms with Crippen LogP contribution in [0.25, 0.3) is 22.2 Å². The van der Waals surface area contributed by atoms with E-state index in [4.69, 9.17) is 28.3 Å². The number of halogens is 2. The van der Waals surface area contributed by atoms with Gasteiger partial charge in [-0.05, 0) is 24.3 Å². The number of nitrogens with zero attached hydrogens (tertiary/aromatic N) is 2. The number of benzene rings is 2. The van der Waals surface area contributed by atoms with E-state index in [0.717, 1.165) is 0 Å². The first-order chi connectivity index (χ1) is 10.5. The van der Waals surface area contributed by atoms with Crippen molar-refractivity contribution in [3.8, 4) is 11.3 Å². The number of thiocarbonyl (C=S) groups is 1. The molecule has 0 atom stereocenters. The third-order valence-electron chi connectivity index (χ3n) is 3.35. The Hall–Kier alpha value is -1.98. The minimum absolute atomic E-state index is 0.360. The van der Waals surface area contributed by atoms with E-state index in [9.17, 15) is 4.39 Å². The number of fused-ring (bicyclic) bond motifs is 1. The minimum atomic E-state index is -0.360.